The van der Waals surface area contributed by atoms with E-state index in [-0.39, 0.29) is 12.1 Å². The molecule has 2 nitrogen and oxygen atoms in total. The van der Waals surface area contributed by atoms with Crippen LogP contribution in [-0.4, -0.2) is 12.1 Å². The molecule has 1 aromatic heterocycles. The highest BCUT2D eigenvalue weighted by Crippen LogP contribution is 2.36. The number of esters is 1. The van der Waals surface area contributed by atoms with Crippen molar-refractivity contribution in [2.24, 2.45) is 17.8 Å². The molecule has 1 saturated carbocycles. The van der Waals surface area contributed by atoms with Crippen molar-refractivity contribution in [3.05, 3.63) is 22.2 Å². The van der Waals surface area contributed by atoms with E-state index in [9.17, 15) is 4.79 Å². The summed E-state index contributed by atoms with van der Waals surface area (Å²) in [4.78, 5) is 12.4. The van der Waals surface area contributed by atoms with Crippen LogP contribution in [-0.2, 0) is 4.74 Å². The Hall–Kier alpha value is -0.750. The van der Waals surface area contributed by atoms with Gasteiger partial charge in [0.15, 0.2) is 0 Å². The van der Waals surface area contributed by atoms with Crippen molar-refractivity contribution in [3.8, 4) is 0 Å². The molecule has 20 heavy (non-hydrogen) atoms. The predicted octanol–water partition coefficient (Wildman–Crippen LogP) is 4.95. The lowest BCUT2D eigenvalue weighted by atomic mass is 9.75. The van der Waals surface area contributed by atoms with E-state index in [0.29, 0.717) is 25.9 Å². The zero-order valence-corrected chi connectivity index (χ0v) is 14.3. The first kappa shape index (κ1) is 15.6. The molecule has 1 aliphatic carbocycles. The Labute approximate surface area is 124 Å². The number of rotatable bonds is 3. The van der Waals surface area contributed by atoms with Crippen molar-refractivity contribution in [1.82, 2.24) is 0 Å². The maximum atomic E-state index is 12.4. The van der Waals surface area contributed by atoms with Gasteiger partial charge in [-0.25, -0.2) is 4.79 Å². The molecule has 0 aliphatic heterocycles. The highest BCUT2D eigenvalue weighted by atomic mass is 31.0. The van der Waals surface area contributed by atoms with E-state index in [1.807, 2.05) is 6.92 Å². The Kier molecular flexibility index (Phi) is 4.96. The quantitative estimate of drug-likeness (QED) is 0.737. The van der Waals surface area contributed by atoms with Crippen molar-refractivity contribution in [2.75, 3.05) is 0 Å². The molecular formula is C17H27O2P. The van der Waals surface area contributed by atoms with E-state index in [0.717, 1.165) is 17.3 Å². The minimum atomic E-state index is -0.0707. The fraction of sp³-hybridized carbons (Fsp3) is 0.706. The Balaban J connectivity index is 2.10. The van der Waals surface area contributed by atoms with Gasteiger partial charge in [-0.3, -0.25) is 0 Å². The summed E-state index contributed by atoms with van der Waals surface area (Å²) in [5.74, 6) is 3.86. The molecule has 0 bridgehead atoms. The van der Waals surface area contributed by atoms with Gasteiger partial charge in [-0.1, -0.05) is 27.2 Å². The normalized spacial score (nSPS) is 27.2. The summed E-state index contributed by atoms with van der Waals surface area (Å²) in [6.07, 6.45) is 3.59. The number of hydrogen-bond donors (Lipinski definition) is 0. The zero-order chi connectivity index (χ0) is 14.9. The van der Waals surface area contributed by atoms with Crippen LogP contribution in [0.1, 0.15) is 61.3 Å². The molecule has 4 atom stereocenters. The predicted molar refractivity (Wildman–Crippen MR) is 86.0 cm³/mol. The third-order valence-corrected chi connectivity index (χ3v) is 6.27. The average Bonchev–Trinajstić information content (AvgIpc) is 2.69. The maximum Gasteiger partial charge on any atom is 0.342 e. The van der Waals surface area contributed by atoms with Crippen LogP contribution in [0, 0.1) is 31.6 Å². The second kappa shape index (κ2) is 6.35. The van der Waals surface area contributed by atoms with Crippen LogP contribution in [0.4, 0.5) is 0 Å². The van der Waals surface area contributed by atoms with Crippen molar-refractivity contribution >= 4 is 14.2 Å². The molecule has 1 aliphatic rings. The lowest BCUT2D eigenvalue weighted by molar-refractivity contribution is -0.0170. The van der Waals surface area contributed by atoms with Crippen LogP contribution in [0.5, 0.6) is 0 Å². The molecule has 0 radical (unpaired) electrons. The molecule has 1 aromatic rings. The third-order valence-electron chi connectivity index (χ3n) is 4.82. The van der Waals surface area contributed by atoms with Crippen molar-refractivity contribution in [1.29, 1.82) is 0 Å². The molecule has 0 spiro atoms. The third kappa shape index (κ3) is 3.28. The fourth-order valence-corrected chi connectivity index (χ4v) is 4.42. The number of ether oxygens (including phenoxy) is 1. The second-order valence-electron chi connectivity index (χ2n) is 6.74. The van der Waals surface area contributed by atoms with Gasteiger partial charge in [0, 0.05) is 0 Å². The van der Waals surface area contributed by atoms with Crippen LogP contribution in [0.3, 0.4) is 0 Å². The van der Waals surface area contributed by atoms with E-state index in [4.69, 9.17) is 4.74 Å². The first-order chi connectivity index (χ1) is 9.40. The summed E-state index contributed by atoms with van der Waals surface area (Å²) in [6, 6.07) is 0. The SMILES string of the molecule is Cc1c[pH]c(C(=O)O[C@@H]2C[C@H](C)CC[C@H]2C(C)C)c1C. The maximum absolute atomic E-state index is 12.4. The Bertz CT molecular complexity index is 475. The van der Waals surface area contributed by atoms with Crippen molar-refractivity contribution < 1.29 is 9.53 Å². The van der Waals surface area contributed by atoms with E-state index < -0.39 is 0 Å². The summed E-state index contributed by atoms with van der Waals surface area (Å²) in [5, 5.41) is 0.892. The monoisotopic (exact) mass is 294 g/mol. The molecular weight excluding hydrogens is 267 g/mol. The van der Waals surface area contributed by atoms with Gasteiger partial charge in [-0.05, 0) is 61.4 Å². The van der Waals surface area contributed by atoms with Crippen LogP contribution >= 0.6 is 8.19 Å². The van der Waals surface area contributed by atoms with E-state index in [2.05, 4.69) is 33.5 Å². The molecule has 3 heteroatoms. The topological polar surface area (TPSA) is 26.3 Å². The van der Waals surface area contributed by atoms with Crippen LogP contribution in [0.15, 0.2) is 5.80 Å². The lowest BCUT2D eigenvalue weighted by Crippen LogP contribution is -2.35. The van der Waals surface area contributed by atoms with E-state index in [1.165, 1.54) is 18.4 Å². The fourth-order valence-electron chi connectivity index (χ4n) is 3.25. The Morgan fingerprint density at radius 3 is 2.60 bits per heavy atom. The van der Waals surface area contributed by atoms with Gasteiger partial charge < -0.3 is 4.74 Å². The largest absolute Gasteiger partial charge is 0.458 e. The number of carbonyl (C=O) groups excluding carboxylic acids is 1. The molecule has 0 amide bonds. The van der Waals surface area contributed by atoms with E-state index in [1.54, 1.807) is 0 Å². The van der Waals surface area contributed by atoms with Crippen LogP contribution in [0.25, 0.3) is 0 Å². The van der Waals surface area contributed by atoms with E-state index >= 15 is 0 Å². The molecule has 1 unspecified atom stereocenters. The number of carbonyl (C=O) groups is 1. The highest BCUT2D eigenvalue weighted by molar-refractivity contribution is 7.32. The minimum Gasteiger partial charge on any atom is -0.458 e. The summed E-state index contributed by atoms with van der Waals surface area (Å²) in [6.45, 7) is 10.9. The van der Waals surface area contributed by atoms with Gasteiger partial charge in [0.2, 0.25) is 0 Å². The first-order valence-electron chi connectivity index (χ1n) is 7.75. The minimum absolute atomic E-state index is 0.0707. The van der Waals surface area contributed by atoms with Gasteiger partial charge in [-0.2, -0.15) is 0 Å². The Morgan fingerprint density at radius 2 is 2.05 bits per heavy atom. The molecule has 112 valence electrons. The first-order valence-corrected chi connectivity index (χ1v) is 8.83. The van der Waals surface area contributed by atoms with Crippen molar-refractivity contribution in [3.63, 3.8) is 0 Å². The summed E-state index contributed by atoms with van der Waals surface area (Å²) in [5.41, 5.74) is 2.35. The summed E-state index contributed by atoms with van der Waals surface area (Å²) in [7, 11) is 0.485. The van der Waals surface area contributed by atoms with Crippen LogP contribution in [0.2, 0.25) is 0 Å². The van der Waals surface area contributed by atoms with Gasteiger partial charge in [0.1, 0.15) is 6.10 Å². The van der Waals surface area contributed by atoms with Gasteiger partial charge >= 0.3 is 5.97 Å². The number of aryl methyl sites for hydroxylation is 1. The van der Waals surface area contributed by atoms with Gasteiger partial charge in [0.25, 0.3) is 0 Å². The standard InChI is InChI=1S/C17H27O2P/c1-10(2)14-7-6-11(3)8-15(14)19-17(18)16-13(5)12(4)9-20-16/h9-11,14-15,20H,6-8H2,1-5H3/t11-,14+,15-/m1/s1. The molecule has 0 saturated heterocycles. The van der Waals surface area contributed by atoms with Crippen molar-refractivity contribution in [2.45, 2.75) is 60.0 Å². The zero-order valence-electron chi connectivity index (χ0n) is 13.3. The average molecular weight is 294 g/mol. The molecule has 1 heterocycles. The summed E-state index contributed by atoms with van der Waals surface area (Å²) < 4.78 is 5.92. The van der Waals surface area contributed by atoms with Gasteiger partial charge in [0.05, 0.1) is 5.30 Å². The molecule has 0 aromatic carbocycles. The summed E-state index contributed by atoms with van der Waals surface area (Å²) >= 11 is 0. The Morgan fingerprint density at radius 1 is 1.35 bits per heavy atom. The molecule has 0 N–H and O–H groups in total. The highest BCUT2D eigenvalue weighted by Gasteiger charge is 2.33. The number of hydrogen-bond acceptors (Lipinski definition) is 2. The molecule has 1 fully saturated rings. The van der Waals surface area contributed by atoms with Crippen LogP contribution < -0.4 is 0 Å². The molecule has 2 rings (SSSR count). The lowest BCUT2D eigenvalue weighted by Gasteiger charge is -2.36. The second-order valence-corrected chi connectivity index (χ2v) is 7.82. The smallest absolute Gasteiger partial charge is 0.342 e. The van der Waals surface area contributed by atoms with Gasteiger partial charge in [-0.15, -0.1) is 8.19 Å².